The van der Waals surface area contributed by atoms with Gasteiger partial charge in [-0.25, -0.2) is 9.59 Å². The Bertz CT molecular complexity index is 2420. The van der Waals surface area contributed by atoms with Gasteiger partial charge in [-0.1, -0.05) is 74.2 Å². The van der Waals surface area contributed by atoms with Crippen LogP contribution in [-0.2, 0) is 40.4 Å². The van der Waals surface area contributed by atoms with E-state index >= 15 is 0 Å². The van der Waals surface area contributed by atoms with Gasteiger partial charge in [0.2, 0.25) is 0 Å². The van der Waals surface area contributed by atoms with Crippen molar-refractivity contribution < 1.29 is 38.4 Å². The predicted octanol–water partition coefficient (Wildman–Crippen LogP) is 10.2. The maximum atomic E-state index is 14.1. The lowest BCUT2D eigenvalue weighted by atomic mass is 9.92. The SMILES string of the molecule is C.CCOC(=O)c1c(CCCOc2cccc3ccccc23)c2cccc(-c3c(CO)n[nH]c3COc3ccc(C4CCOCC4)cc3)c2n1CCCN(C)C(=O)OC(C)(C)C. The van der Waals surface area contributed by atoms with Crippen molar-refractivity contribution in [2.45, 2.75) is 98.5 Å². The molecule has 2 aromatic heterocycles. The van der Waals surface area contributed by atoms with E-state index in [1.54, 1.807) is 18.9 Å². The number of aromatic nitrogens is 3. The third-order valence-electron chi connectivity index (χ3n) is 11.1. The van der Waals surface area contributed by atoms with Gasteiger partial charge in [0.05, 0.1) is 36.7 Å². The Labute approximate surface area is 365 Å². The van der Waals surface area contributed by atoms with Crippen LogP contribution in [0.2, 0.25) is 0 Å². The summed E-state index contributed by atoms with van der Waals surface area (Å²) in [6.45, 7) is 10.1. The van der Waals surface area contributed by atoms with Crippen molar-refractivity contribution in [1.82, 2.24) is 19.7 Å². The number of nitrogens with zero attached hydrogens (tertiary/aromatic N) is 3. The molecule has 6 aromatic rings. The molecule has 0 spiro atoms. The summed E-state index contributed by atoms with van der Waals surface area (Å²) in [5.74, 6) is 1.57. The number of aromatic amines is 1. The van der Waals surface area contributed by atoms with E-state index in [4.69, 9.17) is 23.7 Å². The Balaban J connectivity index is 0.00000641. The zero-order chi connectivity index (χ0) is 42.9. The smallest absolute Gasteiger partial charge is 0.410 e. The summed E-state index contributed by atoms with van der Waals surface area (Å²) in [6, 6.07) is 28.4. The number of aryl methyl sites for hydroxylation is 2. The molecule has 330 valence electrons. The summed E-state index contributed by atoms with van der Waals surface area (Å²) in [5.41, 5.74) is 5.37. The fourth-order valence-electron chi connectivity index (χ4n) is 8.22. The first-order valence-corrected chi connectivity index (χ1v) is 21.4. The topological polar surface area (TPSA) is 137 Å². The first kappa shape index (κ1) is 45.7. The molecule has 2 N–H and O–H groups in total. The third kappa shape index (κ3) is 10.6. The molecule has 0 atom stereocenters. The molecule has 3 heterocycles. The van der Waals surface area contributed by atoms with Crippen LogP contribution in [-0.4, -0.2) is 82.5 Å². The van der Waals surface area contributed by atoms with E-state index in [0.29, 0.717) is 67.5 Å². The van der Waals surface area contributed by atoms with Gasteiger partial charge in [0.1, 0.15) is 29.4 Å². The maximum absolute atomic E-state index is 14.1. The van der Waals surface area contributed by atoms with Crippen LogP contribution in [0.4, 0.5) is 4.79 Å². The number of ether oxygens (including phenoxy) is 5. The van der Waals surface area contributed by atoms with Crippen LogP contribution in [0.3, 0.4) is 0 Å². The minimum atomic E-state index is -0.634. The van der Waals surface area contributed by atoms with Gasteiger partial charge in [-0.05, 0) is 100 Å². The standard InChI is InChI=1S/C49H58N4O8.CH4/c1-6-58-47(55)46-39(18-11-28-59-43-19-9-14-35-13-7-8-15-37(35)43)38-16-10-17-40(45(38)53(46)27-12-26-52(5)48(56)61-49(2,3)4)44-41(31-54)50-51-42(44)32-60-36-22-20-33(21-23-36)34-24-29-57-30-25-34;/h7-10,13-17,19-23,34,54H,6,11-12,18,24-32H2,1-5H3,(H,50,51);1H4. The van der Waals surface area contributed by atoms with Gasteiger partial charge in [-0.3, -0.25) is 5.10 Å². The summed E-state index contributed by atoms with van der Waals surface area (Å²) in [5, 5.41) is 21.4. The highest BCUT2D eigenvalue weighted by molar-refractivity contribution is 6.05. The van der Waals surface area contributed by atoms with Crippen molar-refractivity contribution in [2.24, 2.45) is 0 Å². The fraction of sp³-hybridized carbons (Fsp3) is 0.420. The van der Waals surface area contributed by atoms with Crippen molar-refractivity contribution in [3.05, 3.63) is 113 Å². The zero-order valence-electron chi connectivity index (χ0n) is 36.0. The van der Waals surface area contributed by atoms with Crippen LogP contribution < -0.4 is 9.47 Å². The second kappa shape index (κ2) is 20.8. The van der Waals surface area contributed by atoms with Gasteiger partial charge >= 0.3 is 12.1 Å². The number of hydrogen-bond donors (Lipinski definition) is 2. The van der Waals surface area contributed by atoms with E-state index in [9.17, 15) is 14.7 Å². The molecule has 12 heteroatoms. The molecule has 0 saturated carbocycles. The monoisotopic (exact) mass is 846 g/mol. The van der Waals surface area contributed by atoms with Crippen LogP contribution in [0.25, 0.3) is 32.8 Å². The summed E-state index contributed by atoms with van der Waals surface area (Å²) >= 11 is 0. The molecule has 0 aliphatic carbocycles. The average molecular weight is 847 g/mol. The molecule has 0 bridgehead atoms. The first-order valence-electron chi connectivity index (χ1n) is 21.4. The average Bonchev–Trinajstić information content (AvgIpc) is 3.82. The predicted molar refractivity (Wildman–Crippen MR) is 243 cm³/mol. The Hall–Kier alpha value is -5.85. The number of carbonyl (C=O) groups excluding carboxylic acids is 2. The normalized spacial score (nSPS) is 13.2. The number of H-pyrrole nitrogens is 1. The number of rotatable bonds is 17. The molecule has 4 aromatic carbocycles. The molecule has 1 fully saturated rings. The quantitative estimate of drug-likeness (QED) is 0.0679. The molecular weight excluding hydrogens is 785 g/mol. The van der Waals surface area contributed by atoms with Crippen LogP contribution in [0, 0.1) is 0 Å². The number of amides is 1. The van der Waals surface area contributed by atoms with Crippen molar-refractivity contribution >= 4 is 33.7 Å². The number of benzene rings is 4. The molecule has 1 saturated heterocycles. The number of fused-ring (bicyclic) bond motifs is 2. The highest BCUT2D eigenvalue weighted by atomic mass is 16.6. The number of aliphatic hydroxyl groups is 1. The Morgan fingerprint density at radius 1 is 0.935 bits per heavy atom. The Morgan fingerprint density at radius 2 is 1.66 bits per heavy atom. The highest BCUT2D eigenvalue weighted by Crippen LogP contribution is 2.39. The largest absolute Gasteiger partial charge is 0.493 e. The van der Waals surface area contributed by atoms with Crippen molar-refractivity contribution in [3.8, 4) is 22.6 Å². The minimum Gasteiger partial charge on any atom is -0.493 e. The van der Waals surface area contributed by atoms with Gasteiger partial charge in [0.25, 0.3) is 0 Å². The lowest BCUT2D eigenvalue weighted by Gasteiger charge is -2.24. The Kier molecular flexibility index (Phi) is 15.3. The minimum absolute atomic E-state index is 0. The van der Waals surface area contributed by atoms with Crippen LogP contribution in [0.15, 0.2) is 84.9 Å². The van der Waals surface area contributed by atoms with Gasteiger partial charge < -0.3 is 38.3 Å². The molecule has 7 rings (SSSR count). The first-order chi connectivity index (χ1) is 29.6. The second-order valence-corrected chi connectivity index (χ2v) is 16.5. The van der Waals surface area contributed by atoms with Gasteiger partial charge in [0.15, 0.2) is 0 Å². The van der Waals surface area contributed by atoms with Crippen LogP contribution in [0.1, 0.15) is 99.7 Å². The van der Waals surface area contributed by atoms with Crippen LogP contribution in [0.5, 0.6) is 11.5 Å². The van der Waals surface area contributed by atoms with E-state index in [2.05, 4.69) is 40.5 Å². The molecule has 1 amide bonds. The molecule has 62 heavy (non-hydrogen) atoms. The number of carbonyl (C=O) groups is 2. The highest BCUT2D eigenvalue weighted by Gasteiger charge is 2.28. The Morgan fingerprint density at radius 3 is 2.40 bits per heavy atom. The van der Waals surface area contributed by atoms with Crippen molar-refractivity contribution in [1.29, 1.82) is 0 Å². The van der Waals surface area contributed by atoms with E-state index in [1.807, 2.05) is 79.9 Å². The summed E-state index contributed by atoms with van der Waals surface area (Å²) in [6.07, 6.45) is 3.27. The van der Waals surface area contributed by atoms with Gasteiger partial charge in [-0.15, -0.1) is 0 Å². The van der Waals surface area contributed by atoms with E-state index in [1.165, 1.54) is 5.56 Å². The molecule has 1 aliphatic heterocycles. The lowest BCUT2D eigenvalue weighted by Crippen LogP contribution is -2.35. The molecule has 0 radical (unpaired) electrons. The third-order valence-corrected chi connectivity index (χ3v) is 11.1. The van der Waals surface area contributed by atoms with E-state index in [0.717, 1.165) is 70.4 Å². The number of para-hydroxylation sites is 1. The van der Waals surface area contributed by atoms with Gasteiger partial charge in [0, 0.05) is 55.3 Å². The summed E-state index contributed by atoms with van der Waals surface area (Å²) < 4.78 is 31.7. The number of aliphatic hydroxyl groups excluding tert-OH is 1. The zero-order valence-corrected chi connectivity index (χ0v) is 36.0. The van der Waals surface area contributed by atoms with E-state index in [-0.39, 0.29) is 27.2 Å². The van der Waals surface area contributed by atoms with E-state index < -0.39 is 17.7 Å². The van der Waals surface area contributed by atoms with Crippen molar-refractivity contribution in [3.63, 3.8) is 0 Å². The fourth-order valence-corrected chi connectivity index (χ4v) is 8.22. The van der Waals surface area contributed by atoms with Crippen molar-refractivity contribution in [2.75, 3.05) is 40.0 Å². The lowest BCUT2D eigenvalue weighted by molar-refractivity contribution is 0.0294. The summed E-state index contributed by atoms with van der Waals surface area (Å²) in [4.78, 5) is 28.6. The number of nitrogens with one attached hydrogen (secondary N) is 1. The van der Waals surface area contributed by atoms with Gasteiger partial charge in [-0.2, -0.15) is 5.10 Å². The molecule has 0 unspecified atom stereocenters. The molecule has 12 nitrogen and oxygen atoms in total. The molecule has 1 aliphatic rings. The number of esters is 1. The number of hydrogen-bond acceptors (Lipinski definition) is 9. The van der Waals surface area contributed by atoms with Crippen LogP contribution >= 0.6 is 0 Å². The second-order valence-electron chi connectivity index (χ2n) is 16.5. The summed E-state index contributed by atoms with van der Waals surface area (Å²) in [7, 11) is 1.71. The molecular formula is C50H62N4O8. The maximum Gasteiger partial charge on any atom is 0.410 e.